The molecule has 7 heteroatoms. The first-order valence-electron chi connectivity index (χ1n) is 8.57. The average Bonchev–Trinajstić information content (AvgIpc) is 3.30. The van der Waals surface area contributed by atoms with Crippen LogP contribution in [0.3, 0.4) is 0 Å². The quantitative estimate of drug-likeness (QED) is 0.755. The van der Waals surface area contributed by atoms with Crippen molar-refractivity contribution in [3.8, 4) is 5.69 Å². The van der Waals surface area contributed by atoms with Crippen molar-refractivity contribution in [2.75, 3.05) is 22.4 Å². The summed E-state index contributed by atoms with van der Waals surface area (Å²) in [5.74, 6) is -0.222. The normalized spacial score (nSPS) is 13.4. The summed E-state index contributed by atoms with van der Waals surface area (Å²) < 4.78 is 27.0. The second-order valence-electron chi connectivity index (χ2n) is 6.52. The Labute approximate surface area is 158 Å². The Morgan fingerprint density at radius 3 is 2.56 bits per heavy atom. The van der Waals surface area contributed by atoms with Gasteiger partial charge in [0.2, 0.25) is 10.0 Å². The lowest BCUT2D eigenvalue weighted by atomic mass is 10.1. The molecule has 2 heterocycles. The van der Waals surface area contributed by atoms with Crippen molar-refractivity contribution in [1.29, 1.82) is 0 Å². The van der Waals surface area contributed by atoms with E-state index in [0.29, 0.717) is 29.9 Å². The first-order valence-corrected chi connectivity index (χ1v) is 10.4. The third-order valence-electron chi connectivity index (χ3n) is 4.60. The number of nitrogens with one attached hydrogen (secondary N) is 1. The molecule has 3 aromatic rings. The zero-order chi connectivity index (χ0) is 19.0. The van der Waals surface area contributed by atoms with Crippen LogP contribution in [0.15, 0.2) is 67.0 Å². The summed E-state index contributed by atoms with van der Waals surface area (Å²) in [5.41, 5.74) is 3.69. The van der Waals surface area contributed by atoms with E-state index < -0.39 is 10.0 Å². The molecule has 1 amide bonds. The summed E-state index contributed by atoms with van der Waals surface area (Å²) in [5, 5.41) is 2.91. The molecule has 0 spiro atoms. The summed E-state index contributed by atoms with van der Waals surface area (Å²) in [4.78, 5) is 12.6. The Kier molecular flexibility index (Phi) is 4.24. The third kappa shape index (κ3) is 3.46. The minimum Gasteiger partial charge on any atom is -0.324 e. The van der Waals surface area contributed by atoms with Crippen LogP contribution in [0.25, 0.3) is 5.69 Å². The largest absolute Gasteiger partial charge is 0.324 e. The van der Waals surface area contributed by atoms with Crippen molar-refractivity contribution in [2.24, 2.45) is 0 Å². The molecule has 4 rings (SSSR count). The van der Waals surface area contributed by atoms with Crippen LogP contribution in [0.2, 0.25) is 0 Å². The molecule has 1 aliphatic heterocycles. The molecule has 1 N–H and O–H groups in total. The van der Waals surface area contributed by atoms with E-state index in [-0.39, 0.29) is 5.91 Å². The maximum absolute atomic E-state index is 12.6. The number of nitrogens with zero attached hydrogens (tertiary/aromatic N) is 2. The predicted molar refractivity (Wildman–Crippen MR) is 106 cm³/mol. The lowest BCUT2D eigenvalue weighted by Gasteiger charge is -2.16. The van der Waals surface area contributed by atoms with Crippen molar-refractivity contribution in [1.82, 2.24) is 4.57 Å². The summed E-state index contributed by atoms with van der Waals surface area (Å²) in [6.45, 7) is 0.415. The number of aromatic nitrogens is 1. The van der Waals surface area contributed by atoms with E-state index in [2.05, 4.69) is 5.32 Å². The van der Waals surface area contributed by atoms with Crippen molar-refractivity contribution in [2.45, 2.75) is 6.42 Å². The number of hydrogen-bond donors (Lipinski definition) is 1. The van der Waals surface area contributed by atoms with Gasteiger partial charge >= 0.3 is 0 Å². The summed E-state index contributed by atoms with van der Waals surface area (Å²) in [7, 11) is -3.29. The van der Waals surface area contributed by atoms with Crippen LogP contribution >= 0.6 is 0 Å². The van der Waals surface area contributed by atoms with E-state index in [1.54, 1.807) is 18.2 Å². The summed E-state index contributed by atoms with van der Waals surface area (Å²) in [6.07, 6.45) is 5.68. The molecular formula is C20H19N3O3S. The van der Waals surface area contributed by atoms with Gasteiger partial charge in [0.1, 0.15) is 0 Å². The number of fused-ring (bicyclic) bond motifs is 1. The molecule has 0 bridgehead atoms. The molecule has 0 fully saturated rings. The topological polar surface area (TPSA) is 71.4 Å². The van der Waals surface area contributed by atoms with Crippen LogP contribution in [-0.2, 0) is 16.4 Å². The van der Waals surface area contributed by atoms with Gasteiger partial charge in [0.15, 0.2) is 0 Å². The van der Waals surface area contributed by atoms with E-state index in [1.807, 2.05) is 53.4 Å². The highest BCUT2D eigenvalue weighted by Crippen LogP contribution is 2.31. The highest BCUT2D eigenvalue weighted by atomic mass is 32.2. The van der Waals surface area contributed by atoms with E-state index in [9.17, 15) is 13.2 Å². The average molecular weight is 381 g/mol. The Bertz CT molecular complexity index is 1110. The third-order valence-corrected chi connectivity index (χ3v) is 5.78. The molecular weight excluding hydrogens is 362 g/mol. The van der Waals surface area contributed by atoms with Gasteiger partial charge in [-0.2, -0.15) is 0 Å². The van der Waals surface area contributed by atoms with Gasteiger partial charge in [-0.25, -0.2) is 8.42 Å². The number of sulfonamides is 1. The first kappa shape index (κ1) is 17.4. The van der Waals surface area contributed by atoms with Gasteiger partial charge in [-0.05, 0) is 60.5 Å². The minimum atomic E-state index is -3.29. The molecule has 0 unspecified atom stereocenters. The maximum atomic E-state index is 12.6. The molecule has 0 aliphatic carbocycles. The van der Waals surface area contributed by atoms with Crippen molar-refractivity contribution >= 4 is 27.3 Å². The van der Waals surface area contributed by atoms with Crippen LogP contribution in [0.5, 0.6) is 0 Å². The molecule has 138 valence electrons. The Morgan fingerprint density at radius 1 is 1.04 bits per heavy atom. The number of anilines is 2. The van der Waals surface area contributed by atoms with E-state index in [1.165, 1.54) is 10.6 Å². The second kappa shape index (κ2) is 6.59. The van der Waals surface area contributed by atoms with Crippen molar-refractivity contribution in [3.05, 3.63) is 78.1 Å². The first-order chi connectivity index (χ1) is 12.9. The fourth-order valence-corrected chi connectivity index (χ4v) is 4.27. The predicted octanol–water partition coefficient (Wildman–Crippen LogP) is 3.05. The van der Waals surface area contributed by atoms with Gasteiger partial charge in [-0.3, -0.25) is 9.10 Å². The molecule has 0 atom stereocenters. The molecule has 6 nitrogen and oxygen atoms in total. The van der Waals surface area contributed by atoms with Crippen molar-refractivity contribution in [3.63, 3.8) is 0 Å². The highest BCUT2D eigenvalue weighted by Gasteiger charge is 2.26. The molecule has 1 aromatic heterocycles. The molecule has 0 saturated heterocycles. The lowest BCUT2D eigenvalue weighted by molar-refractivity contribution is 0.102. The smallest absolute Gasteiger partial charge is 0.255 e. The number of carbonyl (C=O) groups is 1. The van der Waals surface area contributed by atoms with Gasteiger partial charge in [-0.15, -0.1) is 0 Å². The van der Waals surface area contributed by atoms with Gasteiger partial charge in [0.05, 0.1) is 11.9 Å². The lowest BCUT2D eigenvalue weighted by Crippen LogP contribution is -2.27. The number of hydrogen-bond acceptors (Lipinski definition) is 3. The minimum absolute atomic E-state index is 0.222. The second-order valence-corrected chi connectivity index (χ2v) is 8.43. The Hall–Kier alpha value is -3.06. The molecule has 1 aliphatic rings. The van der Waals surface area contributed by atoms with Gasteiger partial charge in [0.25, 0.3) is 5.91 Å². The highest BCUT2D eigenvalue weighted by molar-refractivity contribution is 7.92. The standard InChI is InChI=1S/C20H19N3O3S/c1-27(25,26)23-12-9-15-13-16(7-8-19(15)23)20(24)21-17-5-4-6-18(14-17)22-10-2-3-11-22/h2-8,10-11,13-14H,9,12H2,1H3,(H,21,24). The molecule has 2 aromatic carbocycles. The molecule has 0 saturated carbocycles. The van der Waals surface area contributed by atoms with E-state index in [0.717, 1.165) is 11.3 Å². The maximum Gasteiger partial charge on any atom is 0.255 e. The van der Waals surface area contributed by atoms with Crippen molar-refractivity contribution < 1.29 is 13.2 Å². The fraction of sp³-hybridized carbons (Fsp3) is 0.150. The van der Waals surface area contributed by atoms with Crippen LogP contribution < -0.4 is 9.62 Å². The Morgan fingerprint density at radius 2 is 1.81 bits per heavy atom. The number of benzene rings is 2. The zero-order valence-electron chi connectivity index (χ0n) is 14.8. The van der Waals surface area contributed by atoms with Gasteiger partial charge < -0.3 is 9.88 Å². The van der Waals surface area contributed by atoms with Gasteiger partial charge in [0, 0.05) is 35.9 Å². The summed E-state index contributed by atoms with van der Waals surface area (Å²) in [6, 6.07) is 16.6. The number of amides is 1. The van der Waals surface area contributed by atoms with Crippen LogP contribution in [-0.4, -0.2) is 31.7 Å². The molecule has 0 radical (unpaired) electrons. The molecule has 27 heavy (non-hydrogen) atoms. The van der Waals surface area contributed by atoms with E-state index >= 15 is 0 Å². The Balaban J connectivity index is 1.56. The van der Waals surface area contributed by atoms with Crippen LogP contribution in [0.1, 0.15) is 15.9 Å². The van der Waals surface area contributed by atoms with E-state index in [4.69, 9.17) is 0 Å². The number of rotatable bonds is 4. The number of carbonyl (C=O) groups excluding carboxylic acids is 1. The fourth-order valence-electron chi connectivity index (χ4n) is 3.31. The zero-order valence-corrected chi connectivity index (χ0v) is 15.6. The summed E-state index contributed by atoms with van der Waals surface area (Å²) >= 11 is 0. The SMILES string of the molecule is CS(=O)(=O)N1CCc2cc(C(=O)Nc3cccc(-n4cccc4)c3)ccc21. The van der Waals surface area contributed by atoms with Crippen LogP contribution in [0, 0.1) is 0 Å². The van der Waals surface area contributed by atoms with Gasteiger partial charge in [-0.1, -0.05) is 6.07 Å². The van der Waals surface area contributed by atoms with Crippen LogP contribution in [0.4, 0.5) is 11.4 Å². The monoisotopic (exact) mass is 381 g/mol.